The van der Waals surface area contributed by atoms with Crippen LogP contribution in [0, 0.1) is 27.7 Å². The Morgan fingerprint density at radius 2 is 0.862 bits per heavy atom. The van der Waals surface area contributed by atoms with Gasteiger partial charge in [0.2, 0.25) is 0 Å². The molecule has 3 aromatic heterocycles. The molecule has 0 aliphatic carbocycles. The first-order chi connectivity index (χ1) is 28.2. The molecule has 1 aliphatic heterocycles. The highest BCUT2D eigenvalue weighted by Crippen LogP contribution is 2.44. The molecular formula is C48H34N8O2. The second kappa shape index (κ2) is 13.5. The first-order valence-corrected chi connectivity index (χ1v) is 19.0. The van der Waals surface area contributed by atoms with Gasteiger partial charge in [-0.2, -0.15) is 0 Å². The topological polar surface area (TPSA) is 120 Å². The minimum Gasteiger partial charge on any atom is -0.307 e. The molecule has 0 N–H and O–H groups in total. The summed E-state index contributed by atoms with van der Waals surface area (Å²) in [6, 6.07) is 43.3. The Morgan fingerprint density at radius 3 is 1.34 bits per heavy atom. The largest absolute Gasteiger partial charge is 0.307 e. The van der Waals surface area contributed by atoms with Crippen LogP contribution >= 0.6 is 0 Å². The van der Waals surface area contributed by atoms with Crippen LogP contribution in [0.1, 0.15) is 44.0 Å². The molecule has 278 valence electrons. The van der Waals surface area contributed by atoms with Gasteiger partial charge >= 0.3 is 0 Å². The number of anilines is 1. The fourth-order valence-corrected chi connectivity index (χ4v) is 8.21. The molecule has 10 heteroatoms. The maximum atomic E-state index is 15.2. The Bertz CT molecular complexity index is 2950. The molecule has 10 nitrogen and oxygen atoms in total. The van der Waals surface area contributed by atoms with Crippen molar-refractivity contribution in [3.63, 3.8) is 0 Å². The number of carbonyl (C=O) groups excluding carboxylic acids is 2. The van der Waals surface area contributed by atoms with Gasteiger partial charge in [0, 0.05) is 21.9 Å². The smallest absolute Gasteiger partial charge is 0.268 e. The van der Waals surface area contributed by atoms with Gasteiger partial charge < -0.3 is 4.57 Å². The molecule has 6 aromatic carbocycles. The van der Waals surface area contributed by atoms with Crippen LogP contribution in [0.4, 0.5) is 5.69 Å². The van der Waals surface area contributed by atoms with E-state index in [1.165, 1.54) is 4.90 Å². The summed E-state index contributed by atoms with van der Waals surface area (Å²) in [7, 11) is 0. The van der Waals surface area contributed by atoms with Crippen molar-refractivity contribution in [3.05, 3.63) is 168 Å². The Labute approximate surface area is 333 Å². The molecule has 2 amide bonds. The lowest BCUT2D eigenvalue weighted by atomic mass is 9.97. The maximum Gasteiger partial charge on any atom is 0.268 e. The summed E-state index contributed by atoms with van der Waals surface area (Å²) in [5.41, 5.74) is 8.33. The van der Waals surface area contributed by atoms with Gasteiger partial charge in [-0.3, -0.25) is 9.59 Å². The van der Waals surface area contributed by atoms with Crippen LogP contribution < -0.4 is 4.90 Å². The fourth-order valence-electron chi connectivity index (χ4n) is 8.21. The summed E-state index contributed by atoms with van der Waals surface area (Å²) >= 11 is 0. The van der Waals surface area contributed by atoms with E-state index in [9.17, 15) is 4.79 Å². The van der Waals surface area contributed by atoms with Crippen molar-refractivity contribution in [2.24, 2.45) is 0 Å². The molecule has 0 spiro atoms. The van der Waals surface area contributed by atoms with Crippen LogP contribution in [0.25, 0.3) is 72.5 Å². The molecule has 0 radical (unpaired) electrons. The number of hydrogen-bond acceptors (Lipinski definition) is 8. The number of aromatic nitrogens is 7. The van der Waals surface area contributed by atoms with E-state index in [1.807, 2.05) is 137 Å². The number of benzene rings is 6. The van der Waals surface area contributed by atoms with Crippen LogP contribution in [-0.4, -0.2) is 46.3 Å². The van der Waals surface area contributed by atoms with E-state index in [2.05, 4.69) is 32.7 Å². The van der Waals surface area contributed by atoms with Crippen molar-refractivity contribution in [3.8, 4) is 50.7 Å². The number of nitrogens with zero attached hydrogens (tertiary/aromatic N) is 8. The molecule has 0 saturated carbocycles. The van der Waals surface area contributed by atoms with Gasteiger partial charge in [0.05, 0.1) is 33.5 Å². The van der Waals surface area contributed by atoms with Crippen LogP contribution in [-0.2, 0) is 0 Å². The van der Waals surface area contributed by atoms with E-state index in [0.29, 0.717) is 51.9 Å². The van der Waals surface area contributed by atoms with Crippen LogP contribution in [0.2, 0.25) is 0 Å². The monoisotopic (exact) mass is 754 g/mol. The molecule has 58 heavy (non-hydrogen) atoms. The van der Waals surface area contributed by atoms with E-state index in [4.69, 9.17) is 19.9 Å². The molecule has 0 fully saturated rings. The molecule has 1 aliphatic rings. The first-order valence-electron chi connectivity index (χ1n) is 19.0. The van der Waals surface area contributed by atoms with Gasteiger partial charge in [-0.1, -0.05) is 91.0 Å². The first kappa shape index (κ1) is 34.7. The van der Waals surface area contributed by atoms with Gasteiger partial charge in [-0.05, 0) is 92.4 Å². The fraction of sp³-hybridized carbons (Fsp3) is 0.0833. The van der Waals surface area contributed by atoms with E-state index in [1.54, 1.807) is 6.07 Å². The molecule has 0 saturated heterocycles. The highest BCUT2D eigenvalue weighted by molar-refractivity contribution is 6.36. The molecule has 0 unspecified atom stereocenters. The van der Waals surface area contributed by atoms with E-state index in [-0.39, 0.29) is 5.56 Å². The summed E-state index contributed by atoms with van der Waals surface area (Å²) in [6.45, 7) is 7.37. The quantitative estimate of drug-likeness (QED) is 0.154. The van der Waals surface area contributed by atoms with Gasteiger partial charge in [0.1, 0.15) is 23.3 Å². The SMILES string of the molecule is Cc1nc(C)nc(-c2cccc3c4cccc(-c5nc(C)nc(C)n5)c4n(-c4cccc5c4C(=O)N(c4cc(-c6ccccc6)cc(-c6ccccc6)c4)C5=O)c23)n1. The minimum absolute atomic E-state index is 0.285. The third-order valence-corrected chi connectivity index (χ3v) is 10.5. The molecule has 0 bridgehead atoms. The second-order valence-electron chi connectivity index (χ2n) is 14.4. The minimum atomic E-state index is -0.427. The normalized spacial score (nSPS) is 12.5. The summed E-state index contributed by atoms with van der Waals surface area (Å²) in [5, 5.41) is 1.81. The van der Waals surface area contributed by atoms with Crippen molar-refractivity contribution < 1.29 is 9.59 Å². The third-order valence-electron chi connectivity index (χ3n) is 10.5. The number of hydrogen-bond donors (Lipinski definition) is 0. The van der Waals surface area contributed by atoms with E-state index < -0.39 is 11.8 Å². The number of carbonyl (C=O) groups is 2. The van der Waals surface area contributed by atoms with Gasteiger partial charge in [-0.15, -0.1) is 0 Å². The Morgan fingerprint density at radius 1 is 0.414 bits per heavy atom. The number of para-hydroxylation sites is 2. The predicted octanol–water partition coefficient (Wildman–Crippen LogP) is 9.86. The van der Waals surface area contributed by atoms with Crippen molar-refractivity contribution in [1.29, 1.82) is 0 Å². The highest BCUT2D eigenvalue weighted by Gasteiger charge is 2.40. The van der Waals surface area contributed by atoms with E-state index >= 15 is 4.79 Å². The highest BCUT2D eigenvalue weighted by atomic mass is 16.2. The summed E-state index contributed by atoms with van der Waals surface area (Å²) in [5.74, 6) is 2.51. The maximum absolute atomic E-state index is 15.2. The zero-order valence-electron chi connectivity index (χ0n) is 32.1. The van der Waals surface area contributed by atoms with Crippen molar-refractivity contribution in [2.45, 2.75) is 27.7 Å². The van der Waals surface area contributed by atoms with Crippen LogP contribution in [0.3, 0.4) is 0 Å². The van der Waals surface area contributed by atoms with Crippen LogP contribution in [0.5, 0.6) is 0 Å². The van der Waals surface area contributed by atoms with Gasteiger partial charge in [-0.25, -0.2) is 34.8 Å². The second-order valence-corrected chi connectivity index (χ2v) is 14.4. The third kappa shape index (κ3) is 5.64. The van der Waals surface area contributed by atoms with E-state index in [0.717, 1.165) is 55.2 Å². The predicted molar refractivity (Wildman–Crippen MR) is 226 cm³/mol. The molecule has 9 aromatic rings. The van der Waals surface area contributed by atoms with Gasteiger partial charge in [0.25, 0.3) is 11.8 Å². The zero-order valence-corrected chi connectivity index (χ0v) is 32.1. The molecular weight excluding hydrogens is 721 g/mol. The standard InChI is InChI=1S/C48H34N8O2/c1-27-49-28(2)52-45(51-27)39-21-11-18-36-37-19-12-22-40(46-53-29(3)50-30(4)54-46)44(37)56(43(36)39)41-23-13-20-38-42(41)48(58)55(47(38)57)35-25-33(31-14-7-5-8-15-31)24-34(26-35)32-16-9-6-10-17-32/h5-26H,1-4H3. The van der Waals surface area contributed by atoms with Crippen molar-refractivity contribution >= 4 is 39.3 Å². The average Bonchev–Trinajstić information content (AvgIpc) is 3.71. The number of imide groups is 1. The lowest BCUT2D eigenvalue weighted by molar-refractivity contribution is 0.0926. The number of amides is 2. The Hall–Kier alpha value is -7.72. The molecule has 10 rings (SSSR count). The summed E-state index contributed by atoms with van der Waals surface area (Å²) in [4.78, 5) is 59.3. The average molecular weight is 755 g/mol. The van der Waals surface area contributed by atoms with Crippen LogP contribution in [0.15, 0.2) is 133 Å². The number of fused-ring (bicyclic) bond motifs is 4. The molecule has 0 atom stereocenters. The number of rotatable bonds is 6. The Balaban J connectivity index is 1.25. The molecule has 4 heterocycles. The van der Waals surface area contributed by atoms with Crippen molar-refractivity contribution in [1.82, 2.24) is 34.5 Å². The summed E-state index contributed by atoms with van der Waals surface area (Å²) < 4.78 is 2.06. The van der Waals surface area contributed by atoms with Gasteiger partial charge in [0.15, 0.2) is 11.6 Å². The lowest BCUT2D eigenvalue weighted by Gasteiger charge is -2.18. The lowest BCUT2D eigenvalue weighted by Crippen LogP contribution is -2.29. The number of aryl methyl sites for hydroxylation is 4. The van der Waals surface area contributed by atoms with Crippen molar-refractivity contribution in [2.75, 3.05) is 4.90 Å². The zero-order chi connectivity index (χ0) is 39.7. The summed E-state index contributed by atoms with van der Waals surface area (Å²) in [6.07, 6.45) is 0. The Kier molecular flexibility index (Phi) is 8.08.